The molecule has 0 aromatic rings. The third kappa shape index (κ3) is 5.57. The Balaban J connectivity index is 2.70. The first-order chi connectivity index (χ1) is 8.95. The molecule has 0 unspecified atom stereocenters. The average Bonchev–Trinajstić information content (AvgIpc) is 2.36. The number of rotatable bonds is 3. The van der Waals surface area contributed by atoms with E-state index in [1.807, 2.05) is 20.8 Å². The third-order valence-electron chi connectivity index (χ3n) is 2.69. The number of aliphatic imine (C=N–C) groups is 1. The lowest BCUT2D eigenvalue weighted by atomic mass is 9.93. The van der Waals surface area contributed by atoms with E-state index in [1.165, 1.54) is 0 Å². The molecule has 0 radical (unpaired) electrons. The van der Waals surface area contributed by atoms with Crippen molar-refractivity contribution in [3.63, 3.8) is 0 Å². The summed E-state index contributed by atoms with van der Waals surface area (Å²) in [5.74, 6) is 0.748. The van der Waals surface area contributed by atoms with Crippen LogP contribution >= 0.6 is 0 Å². The first-order valence-electron chi connectivity index (χ1n) is 6.52. The molecule has 1 amide bonds. The van der Waals surface area contributed by atoms with Gasteiger partial charge >= 0.3 is 6.09 Å². The van der Waals surface area contributed by atoms with Gasteiger partial charge in [-0.3, -0.25) is 0 Å². The van der Waals surface area contributed by atoms with Crippen LogP contribution in [0.4, 0.5) is 4.79 Å². The van der Waals surface area contributed by atoms with E-state index >= 15 is 0 Å². The van der Waals surface area contributed by atoms with Crippen LogP contribution in [0, 0.1) is 5.41 Å². The number of hydrogen-bond donors (Lipinski definition) is 0. The molecule has 110 valence electrons. The number of amides is 1. The summed E-state index contributed by atoms with van der Waals surface area (Å²) in [6.07, 6.45) is -0.562. The van der Waals surface area contributed by atoms with Crippen molar-refractivity contribution in [3.05, 3.63) is 0 Å². The maximum Gasteiger partial charge on any atom is 0.435 e. The summed E-state index contributed by atoms with van der Waals surface area (Å²) in [5, 5.41) is 0. The number of morpholine rings is 1. The number of methoxy groups -OCH3 is 1. The molecule has 19 heavy (non-hydrogen) atoms. The molecule has 1 fully saturated rings. The van der Waals surface area contributed by atoms with Crippen LogP contribution in [0.2, 0.25) is 0 Å². The normalized spacial score (nSPS) is 17.5. The van der Waals surface area contributed by atoms with Gasteiger partial charge in [0.05, 0.1) is 19.8 Å². The molecule has 1 rings (SSSR count). The van der Waals surface area contributed by atoms with Gasteiger partial charge < -0.3 is 19.1 Å². The molecule has 1 aliphatic rings. The van der Waals surface area contributed by atoms with Gasteiger partial charge in [0.2, 0.25) is 0 Å². The van der Waals surface area contributed by atoms with Crippen LogP contribution in [0.5, 0.6) is 0 Å². The first-order valence-corrected chi connectivity index (χ1v) is 6.52. The van der Waals surface area contributed by atoms with Crippen molar-refractivity contribution in [3.8, 4) is 0 Å². The Morgan fingerprint density at radius 3 is 2.42 bits per heavy atom. The van der Waals surface area contributed by atoms with Gasteiger partial charge in [0.1, 0.15) is 12.4 Å². The average molecular weight is 272 g/mol. The quantitative estimate of drug-likeness (QED) is 0.443. The molecule has 0 atom stereocenters. The van der Waals surface area contributed by atoms with Crippen molar-refractivity contribution in [2.75, 3.05) is 46.6 Å². The monoisotopic (exact) mass is 272 g/mol. The van der Waals surface area contributed by atoms with Gasteiger partial charge in [-0.25, -0.2) is 4.79 Å². The molecule has 1 aliphatic heterocycles. The van der Waals surface area contributed by atoms with Gasteiger partial charge in [-0.1, -0.05) is 20.8 Å². The lowest BCUT2D eigenvalue weighted by Gasteiger charge is -2.35. The second kappa shape index (κ2) is 7.45. The summed E-state index contributed by atoms with van der Waals surface area (Å²) in [6, 6.07) is 0. The lowest BCUT2D eigenvalue weighted by Crippen LogP contribution is -2.46. The molecule has 6 nitrogen and oxygen atoms in total. The SMILES string of the molecule is COCCOC(=O)/N=C(\N1CCOCC1)C(C)(C)C. The number of carbonyl (C=O) groups excluding carboxylic acids is 1. The van der Waals surface area contributed by atoms with Crippen molar-refractivity contribution in [2.45, 2.75) is 20.8 Å². The highest BCUT2D eigenvalue weighted by atomic mass is 16.6. The van der Waals surface area contributed by atoms with Gasteiger partial charge in [0, 0.05) is 25.6 Å². The van der Waals surface area contributed by atoms with Crippen LogP contribution in [-0.4, -0.2) is 63.5 Å². The largest absolute Gasteiger partial charge is 0.445 e. The van der Waals surface area contributed by atoms with Crippen LogP contribution < -0.4 is 0 Å². The Hall–Kier alpha value is -1.14. The Morgan fingerprint density at radius 1 is 1.26 bits per heavy atom. The molecule has 0 bridgehead atoms. The van der Waals surface area contributed by atoms with E-state index in [0.29, 0.717) is 19.8 Å². The number of ether oxygens (including phenoxy) is 3. The Labute approximate surface area is 114 Å². The predicted molar refractivity (Wildman–Crippen MR) is 72.5 cm³/mol. The van der Waals surface area contributed by atoms with Gasteiger partial charge in [-0.05, 0) is 0 Å². The number of nitrogens with zero attached hydrogens (tertiary/aromatic N) is 2. The summed E-state index contributed by atoms with van der Waals surface area (Å²) in [7, 11) is 1.56. The van der Waals surface area contributed by atoms with E-state index in [4.69, 9.17) is 14.2 Å². The van der Waals surface area contributed by atoms with Crippen molar-refractivity contribution in [2.24, 2.45) is 10.4 Å². The number of amidine groups is 1. The zero-order valence-corrected chi connectivity index (χ0v) is 12.3. The molecule has 0 aliphatic carbocycles. The van der Waals surface area contributed by atoms with Crippen molar-refractivity contribution in [1.82, 2.24) is 4.90 Å². The molecular weight excluding hydrogens is 248 g/mol. The Morgan fingerprint density at radius 2 is 1.89 bits per heavy atom. The van der Waals surface area contributed by atoms with E-state index in [9.17, 15) is 4.79 Å². The van der Waals surface area contributed by atoms with E-state index in [0.717, 1.165) is 18.9 Å². The van der Waals surface area contributed by atoms with E-state index < -0.39 is 6.09 Å². The highest BCUT2D eigenvalue weighted by molar-refractivity contribution is 5.95. The van der Waals surface area contributed by atoms with Gasteiger partial charge in [0.25, 0.3) is 0 Å². The van der Waals surface area contributed by atoms with Crippen molar-refractivity contribution in [1.29, 1.82) is 0 Å². The Kier molecular flexibility index (Phi) is 6.24. The maximum atomic E-state index is 11.7. The minimum absolute atomic E-state index is 0.211. The molecule has 0 aromatic heterocycles. The van der Waals surface area contributed by atoms with Crippen LogP contribution in [0.3, 0.4) is 0 Å². The van der Waals surface area contributed by atoms with Crippen LogP contribution in [0.25, 0.3) is 0 Å². The zero-order chi connectivity index (χ0) is 14.3. The molecule has 1 saturated heterocycles. The highest BCUT2D eigenvalue weighted by Gasteiger charge is 2.27. The first kappa shape index (κ1) is 15.9. The standard InChI is InChI=1S/C13H24N2O4/c1-13(2,3)11(15-5-7-18-8-6-15)14-12(16)19-10-9-17-4/h5-10H2,1-4H3/b14-11-. The zero-order valence-electron chi connectivity index (χ0n) is 12.3. The fraction of sp³-hybridized carbons (Fsp3) is 0.846. The number of hydrogen-bond acceptors (Lipinski definition) is 4. The van der Waals surface area contributed by atoms with Crippen molar-refractivity contribution < 1.29 is 19.0 Å². The molecule has 6 heteroatoms. The molecule has 0 saturated carbocycles. The maximum absolute atomic E-state index is 11.7. The molecule has 0 N–H and O–H groups in total. The van der Waals surface area contributed by atoms with E-state index in [1.54, 1.807) is 7.11 Å². The second-order valence-corrected chi connectivity index (χ2v) is 5.39. The summed E-state index contributed by atoms with van der Waals surface area (Å²) >= 11 is 0. The topological polar surface area (TPSA) is 60.4 Å². The lowest BCUT2D eigenvalue weighted by molar-refractivity contribution is 0.0639. The predicted octanol–water partition coefficient (Wildman–Crippen LogP) is 1.55. The minimum Gasteiger partial charge on any atom is -0.445 e. The van der Waals surface area contributed by atoms with Gasteiger partial charge in [0.15, 0.2) is 0 Å². The highest BCUT2D eigenvalue weighted by Crippen LogP contribution is 2.20. The number of carbonyl (C=O) groups is 1. The van der Waals surface area contributed by atoms with Crippen LogP contribution in [-0.2, 0) is 14.2 Å². The fourth-order valence-corrected chi connectivity index (χ4v) is 1.82. The van der Waals surface area contributed by atoms with Gasteiger partial charge in [-0.15, -0.1) is 0 Å². The summed E-state index contributed by atoms with van der Waals surface area (Å²) in [6.45, 7) is 9.52. The smallest absolute Gasteiger partial charge is 0.435 e. The minimum atomic E-state index is -0.562. The fourth-order valence-electron chi connectivity index (χ4n) is 1.82. The molecule has 0 aromatic carbocycles. The second-order valence-electron chi connectivity index (χ2n) is 5.39. The van der Waals surface area contributed by atoms with Crippen LogP contribution in [0.1, 0.15) is 20.8 Å². The molecule has 1 heterocycles. The summed E-state index contributed by atoms with van der Waals surface area (Å²) < 4.78 is 15.1. The van der Waals surface area contributed by atoms with Crippen molar-refractivity contribution >= 4 is 11.9 Å². The van der Waals surface area contributed by atoms with E-state index in [2.05, 4.69) is 9.89 Å². The molecular formula is C13H24N2O4. The van der Waals surface area contributed by atoms with E-state index in [-0.39, 0.29) is 12.0 Å². The van der Waals surface area contributed by atoms with Gasteiger partial charge in [-0.2, -0.15) is 4.99 Å². The summed E-state index contributed by atoms with van der Waals surface area (Å²) in [5.41, 5.74) is -0.211. The Bertz CT molecular complexity index is 317. The molecule has 0 spiro atoms. The third-order valence-corrected chi connectivity index (χ3v) is 2.69. The summed E-state index contributed by atoms with van der Waals surface area (Å²) in [4.78, 5) is 17.9. The van der Waals surface area contributed by atoms with Crippen LogP contribution in [0.15, 0.2) is 4.99 Å².